The van der Waals surface area contributed by atoms with Gasteiger partial charge in [0.05, 0.1) is 5.69 Å². The van der Waals surface area contributed by atoms with Gasteiger partial charge < -0.3 is 5.11 Å². The van der Waals surface area contributed by atoms with Crippen LogP contribution in [-0.2, 0) is 6.54 Å². The Hall–Kier alpha value is -1.09. The third kappa shape index (κ3) is 2.76. The van der Waals surface area contributed by atoms with Crippen LogP contribution >= 0.6 is 0 Å². The van der Waals surface area contributed by atoms with Crippen molar-refractivity contribution in [2.24, 2.45) is 5.92 Å². The van der Waals surface area contributed by atoms with Crippen molar-refractivity contribution in [2.75, 3.05) is 6.54 Å². The van der Waals surface area contributed by atoms with Crippen LogP contribution in [-0.4, -0.2) is 27.6 Å². The zero-order valence-corrected chi connectivity index (χ0v) is 11.8. The van der Waals surface area contributed by atoms with Crippen LogP contribution < -0.4 is 0 Å². The average Bonchev–Trinajstić information content (AvgIpc) is 3.03. The molecule has 3 heteroatoms. The summed E-state index contributed by atoms with van der Waals surface area (Å²) in [7, 11) is 0. The largest absolute Gasteiger partial charge is 0.506 e. The van der Waals surface area contributed by atoms with E-state index in [1.165, 1.54) is 38.5 Å². The molecule has 19 heavy (non-hydrogen) atoms. The zero-order valence-electron chi connectivity index (χ0n) is 11.8. The third-order valence-corrected chi connectivity index (χ3v) is 4.80. The average molecular weight is 260 g/mol. The van der Waals surface area contributed by atoms with Crippen molar-refractivity contribution in [3.8, 4) is 5.75 Å². The Labute approximate surface area is 115 Å². The maximum absolute atomic E-state index is 9.96. The molecule has 1 N–H and O–H groups in total. The first kappa shape index (κ1) is 12.9. The molecule has 0 amide bonds. The van der Waals surface area contributed by atoms with Gasteiger partial charge in [-0.25, -0.2) is 0 Å². The van der Waals surface area contributed by atoms with Gasteiger partial charge in [0.15, 0.2) is 0 Å². The van der Waals surface area contributed by atoms with E-state index < -0.39 is 0 Å². The lowest BCUT2D eigenvalue weighted by Crippen LogP contribution is -2.34. The fraction of sp³-hybridized carbons (Fsp3) is 0.688. The molecule has 1 aliphatic carbocycles. The molecule has 2 aliphatic rings. The Morgan fingerprint density at radius 3 is 2.79 bits per heavy atom. The van der Waals surface area contributed by atoms with Crippen LogP contribution in [0.2, 0.25) is 0 Å². The second kappa shape index (κ2) is 5.49. The van der Waals surface area contributed by atoms with Gasteiger partial charge in [0, 0.05) is 18.3 Å². The molecule has 0 aromatic carbocycles. The van der Waals surface area contributed by atoms with Gasteiger partial charge in [-0.2, -0.15) is 0 Å². The number of hydrogen-bond donors (Lipinski definition) is 1. The predicted molar refractivity (Wildman–Crippen MR) is 76.0 cm³/mol. The van der Waals surface area contributed by atoms with Gasteiger partial charge in [0.1, 0.15) is 5.75 Å². The summed E-state index contributed by atoms with van der Waals surface area (Å²) in [6.45, 7) is 3.96. The van der Waals surface area contributed by atoms with Gasteiger partial charge in [-0.05, 0) is 57.2 Å². The minimum absolute atomic E-state index is 0.350. The molecule has 3 rings (SSSR count). The molecule has 1 aliphatic heterocycles. The van der Waals surface area contributed by atoms with Crippen LogP contribution in [0.25, 0.3) is 0 Å². The van der Waals surface area contributed by atoms with E-state index in [0.29, 0.717) is 5.75 Å². The number of rotatable bonds is 3. The molecule has 1 saturated carbocycles. The minimum Gasteiger partial charge on any atom is -0.506 e. The van der Waals surface area contributed by atoms with Crippen LogP contribution in [0.15, 0.2) is 12.1 Å². The van der Waals surface area contributed by atoms with Crippen LogP contribution in [0.4, 0.5) is 0 Å². The minimum atomic E-state index is 0.350. The number of aromatic nitrogens is 1. The molecule has 1 aromatic rings. The second-order valence-electron chi connectivity index (χ2n) is 6.14. The summed E-state index contributed by atoms with van der Waals surface area (Å²) >= 11 is 0. The molecule has 0 spiro atoms. The van der Waals surface area contributed by atoms with E-state index in [1.54, 1.807) is 6.07 Å². The van der Waals surface area contributed by atoms with Crippen molar-refractivity contribution in [1.29, 1.82) is 0 Å². The fourth-order valence-corrected chi connectivity index (χ4v) is 3.84. The maximum atomic E-state index is 9.96. The van der Waals surface area contributed by atoms with E-state index in [1.807, 2.05) is 13.0 Å². The highest BCUT2D eigenvalue weighted by Crippen LogP contribution is 2.36. The zero-order chi connectivity index (χ0) is 13.2. The van der Waals surface area contributed by atoms with Crippen molar-refractivity contribution in [3.63, 3.8) is 0 Å². The molecule has 104 valence electrons. The highest BCUT2D eigenvalue weighted by Gasteiger charge is 2.33. The van der Waals surface area contributed by atoms with Crippen LogP contribution in [0.5, 0.6) is 5.75 Å². The lowest BCUT2D eigenvalue weighted by Gasteiger charge is -2.29. The van der Waals surface area contributed by atoms with E-state index in [-0.39, 0.29) is 0 Å². The first-order valence-electron chi connectivity index (χ1n) is 7.63. The van der Waals surface area contributed by atoms with Crippen molar-refractivity contribution >= 4 is 0 Å². The lowest BCUT2D eigenvalue weighted by atomic mass is 9.96. The van der Waals surface area contributed by atoms with E-state index in [4.69, 9.17) is 0 Å². The molecule has 1 atom stereocenters. The van der Waals surface area contributed by atoms with Crippen molar-refractivity contribution in [3.05, 3.63) is 23.5 Å². The number of hydrogen-bond acceptors (Lipinski definition) is 3. The Bertz CT molecular complexity index is 440. The van der Waals surface area contributed by atoms with E-state index in [2.05, 4.69) is 9.88 Å². The molecule has 1 aromatic heterocycles. The summed E-state index contributed by atoms with van der Waals surface area (Å²) < 4.78 is 0. The maximum Gasteiger partial charge on any atom is 0.138 e. The summed E-state index contributed by atoms with van der Waals surface area (Å²) in [6, 6.07) is 4.37. The summed E-state index contributed by atoms with van der Waals surface area (Å²) in [5, 5.41) is 9.96. The van der Waals surface area contributed by atoms with Gasteiger partial charge in [-0.15, -0.1) is 0 Å². The molecule has 1 saturated heterocycles. The number of pyridine rings is 1. The van der Waals surface area contributed by atoms with Crippen molar-refractivity contribution < 1.29 is 5.11 Å². The molecule has 1 unspecified atom stereocenters. The number of nitrogens with zero attached hydrogens (tertiary/aromatic N) is 2. The molecule has 2 heterocycles. The molecular weight excluding hydrogens is 236 g/mol. The summed E-state index contributed by atoms with van der Waals surface area (Å²) in [5.41, 5.74) is 1.84. The summed E-state index contributed by atoms with van der Waals surface area (Å²) in [6.07, 6.45) is 8.24. The molecular formula is C16H24N2O. The molecule has 2 fully saturated rings. The van der Waals surface area contributed by atoms with Gasteiger partial charge in [-0.1, -0.05) is 12.8 Å². The molecule has 3 nitrogen and oxygen atoms in total. The van der Waals surface area contributed by atoms with Gasteiger partial charge in [0.25, 0.3) is 0 Å². The van der Waals surface area contributed by atoms with Gasteiger partial charge >= 0.3 is 0 Å². The monoisotopic (exact) mass is 260 g/mol. The van der Waals surface area contributed by atoms with Crippen LogP contribution in [0.1, 0.15) is 49.9 Å². The number of aromatic hydroxyl groups is 1. The Morgan fingerprint density at radius 2 is 2.00 bits per heavy atom. The van der Waals surface area contributed by atoms with Crippen molar-refractivity contribution in [1.82, 2.24) is 9.88 Å². The summed E-state index contributed by atoms with van der Waals surface area (Å²) in [5.74, 6) is 1.23. The molecule has 0 bridgehead atoms. The fourth-order valence-electron chi connectivity index (χ4n) is 3.84. The Kier molecular flexibility index (Phi) is 3.74. The van der Waals surface area contributed by atoms with E-state index in [9.17, 15) is 5.11 Å². The lowest BCUT2D eigenvalue weighted by molar-refractivity contribution is 0.179. The number of aryl methyl sites for hydroxylation is 1. The topological polar surface area (TPSA) is 36.4 Å². The summed E-state index contributed by atoms with van der Waals surface area (Å²) in [4.78, 5) is 7.06. The van der Waals surface area contributed by atoms with Crippen LogP contribution in [0.3, 0.4) is 0 Å². The van der Waals surface area contributed by atoms with Gasteiger partial charge in [0.2, 0.25) is 0 Å². The van der Waals surface area contributed by atoms with E-state index >= 15 is 0 Å². The highest BCUT2D eigenvalue weighted by molar-refractivity contribution is 5.27. The SMILES string of the molecule is Cc1ccc(O)c(CN2CCCC2C2CCCC2)n1. The normalized spacial score (nSPS) is 25.2. The molecule has 0 radical (unpaired) electrons. The standard InChI is InChI=1S/C16H24N2O/c1-12-8-9-16(19)14(17-12)11-18-10-4-7-15(18)13-5-2-3-6-13/h8-9,13,15,19H,2-7,10-11H2,1H3. The third-order valence-electron chi connectivity index (χ3n) is 4.80. The Morgan fingerprint density at radius 1 is 1.21 bits per heavy atom. The van der Waals surface area contributed by atoms with Crippen molar-refractivity contribution in [2.45, 2.75) is 58.0 Å². The van der Waals surface area contributed by atoms with E-state index in [0.717, 1.165) is 36.4 Å². The predicted octanol–water partition coefficient (Wildman–Crippen LogP) is 3.25. The quantitative estimate of drug-likeness (QED) is 0.906. The first-order valence-corrected chi connectivity index (χ1v) is 7.63. The Balaban J connectivity index is 1.72. The highest BCUT2D eigenvalue weighted by atomic mass is 16.3. The smallest absolute Gasteiger partial charge is 0.138 e. The van der Waals surface area contributed by atoms with Gasteiger partial charge in [-0.3, -0.25) is 9.88 Å². The first-order chi connectivity index (χ1) is 9.24. The number of likely N-dealkylation sites (tertiary alicyclic amines) is 1. The van der Waals surface area contributed by atoms with Crippen LogP contribution in [0, 0.1) is 12.8 Å². The second-order valence-corrected chi connectivity index (χ2v) is 6.14.